The molecule has 1 heterocycles. The molecule has 10 aromatic carbocycles. The molecule has 0 radical (unpaired) electrons. The first kappa shape index (κ1) is 36.7. The highest BCUT2D eigenvalue weighted by Gasteiger charge is 2.46. The van der Waals surface area contributed by atoms with Crippen molar-refractivity contribution < 1.29 is 4.42 Å². The van der Waals surface area contributed by atoms with Gasteiger partial charge < -0.3 is 9.32 Å². The van der Waals surface area contributed by atoms with Crippen molar-refractivity contribution in [3.8, 4) is 33.4 Å². The van der Waals surface area contributed by atoms with Crippen LogP contribution in [0.25, 0.3) is 66.1 Å². The number of nitrogens with zero attached hydrogens (tertiary/aromatic N) is 1. The number of fused-ring (bicyclic) bond motifs is 11. The van der Waals surface area contributed by atoms with E-state index in [-0.39, 0.29) is 5.41 Å². The van der Waals surface area contributed by atoms with Crippen LogP contribution < -0.4 is 4.90 Å². The highest BCUT2D eigenvalue weighted by atomic mass is 16.3. The Morgan fingerprint density at radius 3 is 1.55 bits per heavy atom. The number of benzene rings is 10. The van der Waals surface area contributed by atoms with Crippen molar-refractivity contribution in [2.75, 3.05) is 4.90 Å². The van der Waals surface area contributed by atoms with Gasteiger partial charge in [0.2, 0.25) is 0 Å². The molecule has 11 aromatic rings. The zero-order valence-electron chi connectivity index (χ0n) is 35.7. The van der Waals surface area contributed by atoms with Crippen LogP contribution in [0.1, 0.15) is 47.2 Å². The summed E-state index contributed by atoms with van der Waals surface area (Å²) >= 11 is 0. The standard InChI is InChI=1S/C62H43NO/c1-61(2)52-31-17-14-26-45(52)47-36-34-43(38-54(47)61)63(59-57(40-20-6-3-7-21-40)49-28-12-13-29-50(49)60-58(59)51-30-16-19-33-56(51)64-60)44-35-37-48-46-27-15-18-32-53(46)62(55(48)39-44,41-22-8-4-9-23-41)42-24-10-5-11-25-42/h3-39H,1-2H3. The van der Waals surface area contributed by atoms with Crippen LogP contribution in [0.2, 0.25) is 0 Å². The van der Waals surface area contributed by atoms with Gasteiger partial charge in [-0.2, -0.15) is 0 Å². The zero-order chi connectivity index (χ0) is 42.6. The molecule has 0 spiro atoms. The number of hydrogen-bond donors (Lipinski definition) is 0. The van der Waals surface area contributed by atoms with E-state index < -0.39 is 5.41 Å². The van der Waals surface area contributed by atoms with Crippen LogP contribution in [-0.2, 0) is 10.8 Å². The number of para-hydroxylation sites is 1. The molecule has 13 rings (SSSR count). The number of hydrogen-bond acceptors (Lipinski definition) is 2. The Morgan fingerprint density at radius 2 is 0.875 bits per heavy atom. The first-order chi connectivity index (χ1) is 31.5. The van der Waals surface area contributed by atoms with E-state index in [1.165, 1.54) is 61.2 Å². The van der Waals surface area contributed by atoms with Crippen LogP contribution in [0.5, 0.6) is 0 Å². The van der Waals surface area contributed by atoms with Crippen molar-refractivity contribution in [2.24, 2.45) is 0 Å². The fraction of sp³-hybridized carbons (Fsp3) is 0.0645. The molecule has 0 bridgehead atoms. The maximum absolute atomic E-state index is 7.01. The fourth-order valence-corrected chi connectivity index (χ4v) is 11.6. The lowest BCUT2D eigenvalue weighted by atomic mass is 9.67. The van der Waals surface area contributed by atoms with Gasteiger partial charge in [0.1, 0.15) is 11.2 Å². The van der Waals surface area contributed by atoms with Crippen LogP contribution in [0.4, 0.5) is 17.1 Å². The average molecular weight is 818 g/mol. The van der Waals surface area contributed by atoms with Gasteiger partial charge in [-0.15, -0.1) is 0 Å². The first-order valence-corrected chi connectivity index (χ1v) is 22.3. The van der Waals surface area contributed by atoms with Gasteiger partial charge in [-0.3, -0.25) is 0 Å². The summed E-state index contributed by atoms with van der Waals surface area (Å²) < 4.78 is 7.01. The van der Waals surface area contributed by atoms with Gasteiger partial charge in [-0.25, -0.2) is 0 Å². The molecule has 2 aliphatic carbocycles. The van der Waals surface area contributed by atoms with Crippen molar-refractivity contribution in [3.63, 3.8) is 0 Å². The predicted octanol–water partition coefficient (Wildman–Crippen LogP) is 16.5. The fourth-order valence-electron chi connectivity index (χ4n) is 11.6. The number of furan rings is 1. The Labute approximate surface area is 373 Å². The van der Waals surface area contributed by atoms with E-state index in [2.05, 4.69) is 243 Å². The van der Waals surface area contributed by atoms with Crippen LogP contribution in [0.15, 0.2) is 229 Å². The second-order valence-corrected chi connectivity index (χ2v) is 17.9. The summed E-state index contributed by atoms with van der Waals surface area (Å²) in [5, 5.41) is 4.42. The van der Waals surface area contributed by atoms with E-state index in [4.69, 9.17) is 4.42 Å². The Balaban J connectivity index is 1.20. The van der Waals surface area contributed by atoms with Gasteiger partial charge in [0, 0.05) is 33.1 Å². The number of anilines is 3. The highest BCUT2D eigenvalue weighted by molar-refractivity contribution is 6.27. The largest absolute Gasteiger partial charge is 0.455 e. The molecule has 1 aromatic heterocycles. The van der Waals surface area contributed by atoms with E-state index >= 15 is 0 Å². The Kier molecular flexibility index (Phi) is 7.90. The molecule has 0 amide bonds. The van der Waals surface area contributed by atoms with Gasteiger partial charge in [-0.05, 0) is 96.9 Å². The number of rotatable bonds is 6. The summed E-state index contributed by atoms with van der Waals surface area (Å²) in [6.07, 6.45) is 0. The Morgan fingerprint density at radius 1 is 0.391 bits per heavy atom. The molecule has 0 N–H and O–H groups in total. The van der Waals surface area contributed by atoms with Crippen LogP contribution >= 0.6 is 0 Å². The molecule has 0 saturated heterocycles. The second kappa shape index (κ2) is 13.8. The summed E-state index contributed by atoms with van der Waals surface area (Å²) in [6, 6.07) is 82.8. The normalized spacial score (nSPS) is 14.0. The monoisotopic (exact) mass is 817 g/mol. The highest BCUT2D eigenvalue weighted by Crippen LogP contribution is 2.59. The predicted molar refractivity (Wildman–Crippen MR) is 266 cm³/mol. The lowest BCUT2D eigenvalue weighted by Crippen LogP contribution is -2.28. The van der Waals surface area contributed by atoms with E-state index in [9.17, 15) is 0 Å². The summed E-state index contributed by atoms with van der Waals surface area (Å²) in [5.41, 5.74) is 19.4. The minimum atomic E-state index is -0.568. The maximum Gasteiger partial charge on any atom is 0.145 e. The summed E-state index contributed by atoms with van der Waals surface area (Å²) in [7, 11) is 0. The molecule has 2 nitrogen and oxygen atoms in total. The van der Waals surface area contributed by atoms with Gasteiger partial charge in [0.05, 0.1) is 16.5 Å². The molecule has 2 heteroatoms. The van der Waals surface area contributed by atoms with Crippen molar-refractivity contribution in [3.05, 3.63) is 258 Å². The molecular formula is C62H43NO. The topological polar surface area (TPSA) is 16.4 Å². The Hall–Kier alpha value is -7.94. The van der Waals surface area contributed by atoms with Gasteiger partial charge in [0.25, 0.3) is 0 Å². The molecule has 64 heavy (non-hydrogen) atoms. The maximum atomic E-state index is 7.01. The van der Waals surface area contributed by atoms with E-state index in [0.29, 0.717) is 0 Å². The molecule has 0 saturated carbocycles. The van der Waals surface area contributed by atoms with Crippen molar-refractivity contribution in [2.45, 2.75) is 24.7 Å². The first-order valence-electron chi connectivity index (χ1n) is 22.3. The van der Waals surface area contributed by atoms with Crippen molar-refractivity contribution in [1.29, 1.82) is 0 Å². The lowest BCUT2D eigenvalue weighted by molar-refractivity contribution is 0.660. The van der Waals surface area contributed by atoms with E-state index in [1.807, 2.05) is 0 Å². The summed E-state index contributed by atoms with van der Waals surface area (Å²) in [5.74, 6) is 0. The minimum Gasteiger partial charge on any atom is -0.455 e. The quantitative estimate of drug-likeness (QED) is 0.166. The minimum absolute atomic E-state index is 0.202. The van der Waals surface area contributed by atoms with Crippen LogP contribution in [0, 0.1) is 0 Å². The van der Waals surface area contributed by atoms with Crippen molar-refractivity contribution in [1.82, 2.24) is 0 Å². The molecular weight excluding hydrogens is 775 g/mol. The molecule has 0 atom stereocenters. The van der Waals surface area contributed by atoms with E-state index in [1.54, 1.807) is 0 Å². The third-order valence-electron chi connectivity index (χ3n) is 14.3. The van der Waals surface area contributed by atoms with Gasteiger partial charge in [0.15, 0.2) is 0 Å². The smallest absolute Gasteiger partial charge is 0.145 e. The SMILES string of the molecule is CC1(C)c2ccccc2-c2ccc(N(c3ccc4c(c3)C(c3ccccc3)(c3ccccc3)c3ccccc3-4)c3c(-c4ccccc4)c4ccccc4c4oc5ccccc5c34)cc21. The molecule has 0 fully saturated rings. The summed E-state index contributed by atoms with van der Waals surface area (Å²) in [6.45, 7) is 4.75. The molecule has 0 aliphatic heterocycles. The second-order valence-electron chi connectivity index (χ2n) is 17.9. The summed E-state index contributed by atoms with van der Waals surface area (Å²) in [4.78, 5) is 2.56. The zero-order valence-corrected chi connectivity index (χ0v) is 35.7. The molecule has 302 valence electrons. The van der Waals surface area contributed by atoms with E-state index in [0.717, 1.165) is 55.3 Å². The average Bonchev–Trinajstić information content (AvgIpc) is 3.97. The lowest BCUT2D eigenvalue weighted by Gasteiger charge is -2.35. The molecule has 0 unspecified atom stereocenters. The van der Waals surface area contributed by atoms with Crippen molar-refractivity contribution >= 4 is 49.8 Å². The Bertz CT molecular complexity index is 3600. The van der Waals surface area contributed by atoms with Crippen LogP contribution in [-0.4, -0.2) is 0 Å². The van der Waals surface area contributed by atoms with Gasteiger partial charge in [-0.1, -0.05) is 208 Å². The third kappa shape index (κ3) is 5.02. The van der Waals surface area contributed by atoms with Crippen LogP contribution in [0.3, 0.4) is 0 Å². The molecule has 2 aliphatic rings. The van der Waals surface area contributed by atoms with Gasteiger partial charge >= 0.3 is 0 Å². The third-order valence-corrected chi connectivity index (χ3v) is 14.3.